The van der Waals surface area contributed by atoms with E-state index < -0.39 is 11.4 Å². The molecule has 1 heterocycles. The summed E-state index contributed by atoms with van der Waals surface area (Å²) >= 11 is 1.50. The number of aromatic nitrogens is 1. The first-order valence-corrected chi connectivity index (χ1v) is 8.48. The third kappa shape index (κ3) is 4.48. The molecule has 0 fully saturated rings. The van der Waals surface area contributed by atoms with Crippen LogP contribution >= 0.6 is 11.3 Å². The second-order valence-electron chi connectivity index (χ2n) is 6.28. The van der Waals surface area contributed by atoms with Crippen molar-refractivity contribution in [2.45, 2.75) is 40.0 Å². The van der Waals surface area contributed by atoms with Crippen LogP contribution in [0.1, 0.15) is 38.4 Å². The predicted molar refractivity (Wildman–Crippen MR) is 91.7 cm³/mol. The lowest BCUT2D eigenvalue weighted by Crippen LogP contribution is -2.27. The highest BCUT2D eigenvalue weighted by Crippen LogP contribution is 2.26. The van der Waals surface area contributed by atoms with Gasteiger partial charge in [-0.25, -0.2) is 4.98 Å². The molecule has 0 atom stereocenters. The average molecular weight is 331 g/mol. The van der Waals surface area contributed by atoms with Crippen LogP contribution in [0.2, 0.25) is 0 Å². The number of rotatable bonds is 7. The number of carboxylic acids is 1. The molecule has 0 aliphatic rings. The highest BCUT2D eigenvalue weighted by molar-refractivity contribution is 7.13. The zero-order valence-corrected chi connectivity index (χ0v) is 14.4. The van der Waals surface area contributed by atoms with Crippen molar-refractivity contribution >= 4 is 23.1 Å². The van der Waals surface area contributed by atoms with Gasteiger partial charge in [0.1, 0.15) is 10.8 Å². The molecule has 4 nitrogen and oxygen atoms in total. The highest BCUT2D eigenvalue weighted by Gasteiger charge is 2.30. The fourth-order valence-corrected chi connectivity index (χ4v) is 3.06. The van der Waals surface area contributed by atoms with Crippen molar-refractivity contribution in [2.24, 2.45) is 5.41 Å². The first-order valence-electron chi connectivity index (χ1n) is 7.60. The van der Waals surface area contributed by atoms with Crippen LogP contribution in [-0.2, 0) is 22.4 Å². The minimum Gasteiger partial charge on any atom is -0.481 e. The number of hydrogen-bond donors (Lipinski definition) is 1. The van der Waals surface area contributed by atoms with Crippen molar-refractivity contribution in [3.05, 3.63) is 40.9 Å². The molecule has 23 heavy (non-hydrogen) atoms. The van der Waals surface area contributed by atoms with Crippen LogP contribution in [0.15, 0.2) is 29.6 Å². The summed E-state index contributed by atoms with van der Waals surface area (Å²) in [5.74, 6) is -1.06. The Balaban J connectivity index is 2.04. The second kappa shape index (κ2) is 7.04. The zero-order valence-electron chi connectivity index (χ0n) is 13.6. The smallest absolute Gasteiger partial charge is 0.309 e. The Hall–Kier alpha value is -2.01. The van der Waals surface area contributed by atoms with Gasteiger partial charge in [-0.2, -0.15) is 0 Å². The lowest BCUT2D eigenvalue weighted by Gasteiger charge is -2.17. The molecule has 0 saturated carbocycles. The van der Waals surface area contributed by atoms with Crippen LogP contribution < -0.4 is 0 Å². The third-order valence-corrected chi connectivity index (χ3v) is 4.70. The van der Waals surface area contributed by atoms with Crippen molar-refractivity contribution in [3.8, 4) is 10.6 Å². The van der Waals surface area contributed by atoms with E-state index in [9.17, 15) is 9.59 Å². The number of Topliss-reactive ketones (excluding diaryl/α,β-unsaturated/α-hetero) is 1. The van der Waals surface area contributed by atoms with Gasteiger partial charge in [-0.05, 0) is 25.8 Å². The van der Waals surface area contributed by atoms with Crippen molar-refractivity contribution < 1.29 is 14.7 Å². The van der Waals surface area contributed by atoms with E-state index in [1.807, 2.05) is 17.5 Å². The molecule has 122 valence electrons. The number of hydrogen-bond acceptors (Lipinski definition) is 4. The predicted octanol–water partition coefficient (Wildman–Crippen LogP) is 3.99. The Morgan fingerprint density at radius 2 is 1.87 bits per heavy atom. The van der Waals surface area contributed by atoms with Gasteiger partial charge in [0.2, 0.25) is 0 Å². The lowest BCUT2D eigenvalue weighted by atomic mass is 9.86. The van der Waals surface area contributed by atoms with Crippen LogP contribution in [0, 0.1) is 5.41 Å². The Morgan fingerprint density at radius 1 is 1.22 bits per heavy atom. The topological polar surface area (TPSA) is 67.3 Å². The Kier molecular flexibility index (Phi) is 5.31. The molecule has 2 rings (SSSR count). The molecule has 1 aromatic carbocycles. The monoisotopic (exact) mass is 331 g/mol. The number of aryl methyl sites for hydroxylation is 1. The summed E-state index contributed by atoms with van der Waals surface area (Å²) in [5.41, 5.74) is 1.98. The summed E-state index contributed by atoms with van der Waals surface area (Å²) < 4.78 is 0. The SMILES string of the molecule is CCc1ccc(-c2nc(CC(=O)CC(C)(C)C(=O)O)cs2)cc1. The van der Waals surface area contributed by atoms with Crippen molar-refractivity contribution in [1.82, 2.24) is 4.98 Å². The Bertz CT molecular complexity index is 701. The van der Waals surface area contributed by atoms with Crippen LogP contribution in [0.25, 0.3) is 10.6 Å². The van der Waals surface area contributed by atoms with Gasteiger partial charge in [0.05, 0.1) is 11.1 Å². The summed E-state index contributed by atoms with van der Waals surface area (Å²) in [6, 6.07) is 8.24. The molecule has 2 aromatic rings. The summed E-state index contributed by atoms with van der Waals surface area (Å²) in [6.45, 7) is 5.24. The van der Waals surface area contributed by atoms with Crippen LogP contribution in [-0.4, -0.2) is 21.8 Å². The van der Waals surface area contributed by atoms with E-state index >= 15 is 0 Å². The van der Waals surface area contributed by atoms with Crippen molar-refractivity contribution in [2.75, 3.05) is 0 Å². The fraction of sp³-hybridized carbons (Fsp3) is 0.389. The Labute approximate surface area is 140 Å². The molecule has 0 amide bonds. The number of carboxylic acid groups (broad SMARTS) is 1. The van der Waals surface area contributed by atoms with E-state index in [1.54, 1.807) is 13.8 Å². The zero-order chi connectivity index (χ0) is 17.0. The molecule has 0 unspecified atom stereocenters. The Morgan fingerprint density at radius 3 is 2.43 bits per heavy atom. The standard InChI is InChI=1S/C18H21NO3S/c1-4-12-5-7-13(8-6-12)16-19-14(11-23-16)9-15(20)10-18(2,3)17(21)22/h5-8,11H,4,9-10H2,1-3H3,(H,21,22). The molecule has 0 bridgehead atoms. The van der Waals surface area contributed by atoms with Crippen LogP contribution in [0.5, 0.6) is 0 Å². The number of carbonyl (C=O) groups is 2. The summed E-state index contributed by atoms with van der Waals surface area (Å²) in [7, 11) is 0. The molecule has 0 saturated heterocycles. The maximum Gasteiger partial charge on any atom is 0.309 e. The first kappa shape index (κ1) is 17.3. The summed E-state index contributed by atoms with van der Waals surface area (Å²) in [4.78, 5) is 27.6. The number of ketones is 1. The molecule has 1 aromatic heterocycles. The molecule has 0 aliphatic heterocycles. The molecule has 0 aliphatic carbocycles. The maximum absolute atomic E-state index is 12.1. The van der Waals surface area contributed by atoms with Gasteiger partial charge < -0.3 is 5.11 Å². The van der Waals surface area contributed by atoms with E-state index in [1.165, 1.54) is 16.9 Å². The quantitative estimate of drug-likeness (QED) is 0.833. The number of aliphatic carboxylic acids is 1. The van der Waals surface area contributed by atoms with E-state index in [0.717, 1.165) is 17.0 Å². The van der Waals surface area contributed by atoms with Gasteiger partial charge in [-0.1, -0.05) is 31.2 Å². The van der Waals surface area contributed by atoms with E-state index in [-0.39, 0.29) is 18.6 Å². The van der Waals surface area contributed by atoms with Gasteiger partial charge in [-0.15, -0.1) is 11.3 Å². The fourth-order valence-electron chi connectivity index (χ4n) is 2.24. The van der Waals surface area contributed by atoms with Crippen LogP contribution in [0.4, 0.5) is 0 Å². The van der Waals surface area contributed by atoms with Gasteiger partial charge >= 0.3 is 5.97 Å². The van der Waals surface area contributed by atoms with Gasteiger partial charge in [-0.3, -0.25) is 9.59 Å². The second-order valence-corrected chi connectivity index (χ2v) is 7.13. The van der Waals surface area contributed by atoms with Crippen molar-refractivity contribution in [3.63, 3.8) is 0 Å². The molecule has 5 heteroatoms. The van der Waals surface area contributed by atoms with Crippen molar-refractivity contribution in [1.29, 1.82) is 0 Å². The largest absolute Gasteiger partial charge is 0.481 e. The molecule has 0 radical (unpaired) electrons. The van der Waals surface area contributed by atoms with E-state index in [2.05, 4.69) is 24.0 Å². The third-order valence-electron chi connectivity index (χ3n) is 3.76. The highest BCUT2D eigenvalue weighted by atomic mass is 32.1. The normalized spacial score (nSPS) is 11.4. The minimum absolute atomic E-state index is 0.0143. The number of benzene rings is 1. The molecule has 0 spiro atoms. The minimum atomic E-state index is -1.04. The number of thiazole rings is 1. The number of nitrogens with zero attached hydrogens (tertiary/aromatic N) is 1. The molecule has 1 N–H and O–H groups in total. The maximum atomic E-state index is 12.1. The first-order chi connectivity index (χ1) is 10.8. The average Bonchev–Trinajstić information content (AvgIpc) is 2.95. The van der Waals surface area contributed by atoms with Gasteiger partial charge in [0.25, 0.3) is 0 Å². The number of carbonyl (C=O) groups excluding carboxylic acids is 1. The molecular formula is C18H21NO3S. The lowest BCUT2D eigenvalue weighted by molar-refractivity contribution is -0.149. The summed E-state index contributed by atoms with van der Waals surface area (Å²) in [5, 5.41) is 11.8. The van der Waals surface area contributed by atoms with E-state index in [4.69, 9.17) is 5.11 Å². The summed E-state index contributed by atoms with van der Waals surface area (Å²) in [6.07, 6.45) is 1.19. The van der Waals surface area contributed by atoms with Gasteiger partial charge in [0.15, 0.2) is 0 Å². The molecular weight excluding hydrogens is 310 g/mol. The van der Waals surface area contributed by atoms with Gasteiger partial charge in [0, 0.05) is 23.8 Å². The van der Waals surface area contributed by atoms with E-state index in [0.29, 0.717) is 5.69 Å². The van der Waals surface area contributed by atoms with Crippen LogP contribution in [0.3, 0.4) is 0 Å².